The van der Waals surface area contributed by atoms with Crippen LogP contribution in [0.3, 0.4) is 0 Å². The summed E-state index contributed by atoms with van der Waals surface area (Å²) < 4.78 is 4.97. The lowest BCUT2D eigenvalue weighted by Crippen LogP contribution is -2.31. The van der Waals surface area contributed by atoms with Crippen molar-refractivity contribution in [2.24, 2.45) is 0 Å². The highest BCUT2D eigenvalue weighted by Crippen LogP contribution is 2.21. The first-order valence-electron chi connectivity index (χ1n) is 7.03. The van der Waals surface area contributed by atoms with Gasteiger partial charge in [-0.2, -0.15) is 0 Å². The number of amides is 1. The van der Waals surface area contributed by atoms with Crippen LogP contribution in [0.15, 0.2) is 30.7 Å². The van der Waals surface area contributed by atoms with Crippen molar-refractivity contribution in [3.8, 4) is 0 Å². The van der Waals surface area contributed by atoms with E-state index in [0.717, 1.165) is 6.42 Å². The van der Waals surface area contributed by atoms with Gasteiger partial charge in [-0.1, -0.05) is 6.07 Å². The van der Waals surface area contributed by atoms with Crippen LogP contribution in [0.25, 0.3) is 0 Å². The number of hydrazine groups is 1. The van der Waals surface area contributed by atoms with Gasteiger partial charge in [0.25, 0.3) is 5.91 Å². The molecule has 0 unspecified atom stereocenters. The fourth-order valence-electron chi connectivity index (χ4n) is 1.74. The summed E-state index contributed by atoms with van der Waals surface area (Å²) in [4.78, 5) is 23.9. The number of aromatic nitrogens is 3. The maximum Gasteiger partial charge on any atom is 0.288 e. The number of nitrogen functional groups attached to an aromatic ring is 1. The highest BCUT2D eigenvalue weighted by molar-refractivity contribution is 5.93. The smallest absolute Gasteiger partial charge is 0.288 e. The minimum absolute atomic E-state index is 0.283. The summed E-state index contributed by atoms with van der Waals surface area (Å²) in [6, 6.07) is 5.06. The van der Waals surface area contributed by atoms with Gasteiger partial charge in [0.1, 0.15) is 17.7 Å². The van der Waals surface area contributed by atoms with Gasteiger partial charge < -0.3 is 15.8 Å². The first kappa shape index (κ1) is 16.4. The molecule has 2 aromatic rings. The molecule has 0 aliphatic heterocycles. The lowest BCUT2D eigenvalue weighted by Gasteiger charge is -2.12. The Morgan fingerprint density at radius 3 is 2.83 bits per heavy atom. The van der Waals surface area contributed by atoms with Gasteiger partial charge in [-0.3, -0.25) is 20.6 Å². The van der Waals surface area contributed by atoms with Gasteiger partial charge in [-0.15, -0.1) is 0 Å². The van der Waals surface area contributed by atoms with E-state index in [1.54, 1.807) is 25.3 Å². The second kappa shape index (κ2) is 8.49. The molecule has 0 saturated heterocycles. The van der Waals surface area contributed by atoms with E-state index in [2.05, 4.69) is 31.1 Å². The topological polar surface area (TPSA) is 127 Å². The molecule has 0 aromatic carbocycles. The van der Waals surface area contributed by atoms with E-state index in [1.165, 1.54) is 12.5 Å². The number of anilines is 3. The molecule has 2 heterocycles. The number of carbonyl (C=O) groups excluding carboxylic acids is 1. The third kappa shape index (κ3) is 4.78. The normalized spacial score (nSPS) is 10.1. The van der Waals surface area contributed by atoms with Gasteiger partial charge in [0.05, 0.1) is 0 Å². The average Bonchev–Trinajstić information content (AvgIpc) is 2.59. The summed E-state index contributed by atoms with van der Waals surface area (Å²) in [7, 11) is 1.64. The Kier molecular flexibility index (Phi) is 6.07. The van der Waals surface area contributed by atoms with E-state index in [9.17, 15) is 4.79 Å². The number of carbonyl (C=O) groups is 1. The van der Waals surface area contributed by atoms with Gasteiger partial charge in [-0.05, 0) is 18.6 Å². The zero-order valence-electron chi connectivity index (χ0n) is 12.7. The van der Waals surface area contributed by atoms with E-state index in [1.807, 2.05) is 0 Å². The molecule has 0 spiro atoms. The lowest BCUT2D eigenvalue weighted by molar-refractivity contribution is 0.0957. The standard InChI is InChI=1S/C14H19N7O2/c1-23-8-4-7-17-12-11(15)13(19-9-18-12)20-21-14(22)10-5-2-3-6-16-10/h2-3,5-6,9H,4,7-8,15H2,1H3,(H,21,22)(H2,17,18,19,20). The molecular formula is C14H19N7O2. The van der Waals surface area contributed by atoms with Gasteiger partial charge in [0, 0.05) is 26.5 Å². The Labute approximate surface area is 133 Å². The number of ether oxygens (including phenoxy) is 1. The molecule has 0 atom stereocenters. The summed E-state index contributed by atoms with van der Waals surface area (Å²) >= 11 is 0. The molecule has 5 N–H and O–H groups in total. The van der Waals surface area contributed by atoms with Gasteiger partial charge in [0.15, 0.2) is 11.6 Å². The molecule has 0 saturated carbocycles. The van der Waals surface area contributed by atoms with Gasteiger partial charge in [0.2, 0.25) is 0 Å². The number of hydrogen-bond acceptors (Lipinski definition) is 8. The summed E-state index contributed by atoms with van der Waals surface area (Å²) in [5, 5.41) is 3.09. The number of nitrogens with zero attached hydrogens (tertiary/aromatic N) is 3. The largest absolute Gasteiger partial charge is 0.393 e. The fraction of sp³-hybridized carbons (Fsp3) is 0.286. The van der Waals surface area contributed by atoms with Crippen LogP contribution in [0.2, 0.25) is 0 Å². The average molecular weight is 317 g/mol. The Morgan fingerprint density at radius 1 is 1.26 bits per heavy atom. The number of hydrogen-bond donors (Lipinski definition) is 4. The molecular weight excluding hydrogens is 298 g/mol. The lowest BCUT2D eigenvalue weighted by atomic mass is 10.3. The van der Waals surface area contributed by atoms with Crippen molar-refractivity contribution in [2.45, 2.75) is 6.42 Å². The molecule has 1 amide bonds. The second-order valence-corrected chi connectivity index (χ2v) is 4.55. The van der Waals surface area contributed by atoms with Crippen LogP contribution < -0.4 is 21.9 Å². The molecule has 9 nitrogen and oxygen atoms in total. The SMILES string of the molecule is COCCCNc1ncnc(NNC(=O)c2ccccn2)c1N. The Morgan fingerprint density at radius 2 is 2.09 bits per heavy atom. The first-order chi connectivity index (χ1) is 11.2. The third-order valence-corrected chi connectivity index (χ3v) is 2.89. The molecule has 0 bridgehead atoms. The van der Waals surface area contributed by atoms with E-state index < -0.39 is 5.91 Å². The molecule has 0 aliphatic carbocycles. The van der Waals surface area contributed by atoms with E-state index >= 15 is 0 Å². The Bertz CT molecular complexity index is 636. The number of nitrogens with one attached hydrogen (secondary N) is 3. The monoisotopic (exact) mass is 317 g/mol. The Balaban J connectivity index is 1.93. The number of methoxy groups -OCH3 is 1. The van der Waals surface area contributed by atoms with Crippen molar-refractivity contribution in [2.75, 3.05) is 36.7 Å². The van der Waals surface area contributed by atoms with Gasteiger partial charge >= 0.3 is 0 Å². The molecule has 122 valence electrons. The summed E-state index contributed by atoms with van der Waals surface area (Å²) in [6.45, 7) is 1.30. The van der Waals surface area contributed by atoms with Crippen LogP contribution in [-0.4, -0.2) is 41.1 Å². The summed E-state index contributed by atoms with van der Waals surface area (Å²) in [6.07, 6.45) is 3.71. The van der Waals surface area contributed by atoms with Crippen LogP contribution in [0.5, 0.6) is 0 Å². The molecule has 0 radical (unpaired) electrons. The molecule has 2 rings (SSSR count). The molecule has 0 fully saturated rings. The zero-order valence-corrected chi connectivity index (χ0v) is 12.7. The predicted molar refractivity (Wildman–Crippen MR) is 86.8 cm³/mol. The molecule has 23 heavy (non-hydrogen) atoms. The quantitative estimate of drug-likeness (QED) is 0.413. The van der Waals surface area contributed by atoms with Crippen LogP contribution in [0.4, 0.5) is 17.3 Å². The van der Waals surface area contributed by atoms with Crippen molar-refractivity contribution in [3.63, 3.8) is 0 Å². The number of pyridine rings is 1. The van der Waals surface area contributed by atoms with E-state index in [0.29, 0.717) is 30.5 Å². The van der Waals surface area contributed by atoms with Crippen molar-refractivity contribution in [1.82, 2.24) is 20.4 Å². The van der Waals surface area contributed by atoms with Gasteiger partial charge in [-0.25, -0.2) is 9.97 Å². The highest BCUT2D eigenvalue weighted by atomic mass is 16.5. The van der Waals surface area contributed by atoms with Crippen LogP contribution in [-0.2, 0) is 4.74 Å². The van der Waals surface area contributed by atoms with Crippen molar-refractivity contribution < 1.29 is 9.53 Å². The fourth-order valence-corrected chi connectivity index (χ4v) is 1.74. The van der Waals surface area contributed by atoms with Crippen LogP contribution in [0, 0.1) is 0 Å². The zero-order chi connectivity index (χ0) is 16.5. The van der Waals surface area contributed by atoms with E-state index in [4.69, 9.17) is 10.5 Å². The maximum absolute atomic E-state index is 11.9. The first-order valence-corrected chi connectivity index (χ1v) is 7.03. The Hall–Kier alpha value is -2.94. The predicted octanol–water partition coefficient (Wildman–Crippen LogP) is 0.659. The number of nitrogens with two attached hydrogens (primary N) is 1. The van der Waals surface area contributed by atoms with Crippen molar-refractivity contribution in [1.29, 1.82) is 0 Å². The van der Waals surface area contributed by atoms with Crippen LogP contribution in [0.1, 0.15) is 16.9 Å². The molecule has 9 heteroatoms. The second-order valence-electron chi connectivity index (χ2n) is 4.55. The minimum Gasteiger partial charge on any atom is -0.393 e. The third-order valence-electron chi connectivity index (χ3n) is 2.89. The highest BCUT2D eigenvalue weighted by Gasteiger charge is 2.10. The maximum atomic E-state index is 11.9. The molecule has 0 aliphatic rings. The summed E-state index contributed by atoms with van der Waals surface area (Å²) in [5.74, 6) is 0.405. The minimum atomic E-state index is -0.391. The number of rotatable bonds is 8. The summed E-state index contributed by atoms with van der Waals surface area (Å²) in [5.41, 5.74) is 11.7. The van der Waals surface area contributed by atoms with Crippen LogP contribution >= 0.6 is 0 Å². The molecule has 2 aromatic heterocycles. The van der Waals surface area contributed by atoms with Crippen molar-refractivity contribution in [3.05, 3.63) is 36.4 Å². The van der Waals surface area contributed by atoms with E-state index in [-0.39, 0.29) is 5.69 Å². The van der Waals surface area contributed by atoms with Crippen molar-refractivity contribution >= 4 is 23.2 Å².